The molecule has 1 aromatic rings. The molecule has 0 unspecified atom stereocenters. The SMILES string of the molecule is CCCN(Cc1cnn(C(C)C)c1)C1CNC1. The van der Waals surface area contributed by atoms with Crippen molar-refractivity contribution in [2.24, 2.45) is 0 Å². The zero-order valence-corrected chi connectivity index (χ0v) is 11.2. The van der Waals surface area contributed by atoms with E-state index in [0.717, 1.165) is 25.7 Å². The molecule has 1 aliphatic heterocycles. The zero-order chi connectivity index (χ0) is 12.3. The average Bonchev–Trinajstić information content (AvgIpc) is 2.64. The highest BCUT2D eigenvalue weighted by molar-refractivity contribution is 5.05. The topological polar surface area (TPSA) is 33.1 Å². The monoisotopic (exact) mass is 236 g/mol. The van der Waals surface area contributed by atoms with Crippen molar-refractivity contribution in [1.82, 2.24) is 20.0 Å². The van der Waals surface area contributed by atoms with Crippen LogP contribution in [0.5, 0.6) is 0 Å². The van der Waals surface area contributed by atoms with Gasteiger partial charge in [0.2, 0.25) is 0 Å². The van der Waals surface area contributed by atoms with Gasteiger partial charge in [0.1, 0.15) is 0 Å². The summed E-state index contributed by atoms with van der Waals surface area (Å²) in [7, 11) is 0. The standard InChI is InChI=1S/C13H24N4/c1-4-5-16(13-7-14-8-13)9-12-6-15-17(10-12)11(2)3/h6,10-11,13-14H,4-5,7-9H2,1-3H3. The third-order valence-corrected chi connectivity index (χ3v) is 3.36. The molecule has 1 aromatic heterocycles. The van der Waals surface area contributed by atoms with Crippen molar-refractivity contribution in [1.29, 1.82) is 0 Å². The van der Waals surface area contributed by atoms with E-state index in [2.05, 4.69) is 42.3 Å². The first-order chi connectivity index (χ1) is 8.20. The molecule has 2 rings (SSSR count). The minimum absolute atomic E-state index is 0.453. The van der Waals surface area contributed by atoms with E-state index in [9.17, 15) is 0 Å². The van der Waals surface area contributed by atoms with Crippen LogP contribution in [0.15, 0.2) is 12.4 Å². The lowest BCUT2D eigenvalue weighted by atomic mass is 10.1. The average molecular weight is 236 g/mol. The molecule has 0 bridgehead atoms. The third kappa shape index (κ3) is 3.07. The van der Waals surface area contributed by atoms with Crippen molar-refractivity contribution in [3.8, 4) is 0 Å². The van der Waals surface area contributed by atoms with Gasteiger partial charge in [0.05, 0.1) is 6.20 Å². The summed E-state index contributed by atoms with van der Waals surface area (Å²) in [5.41, 5.74) is 1.33. The Bertz CT molecular complexity index is 341. The highest BCUT2D eigenvalue weighted by Crippen LogP contribution is 2.13. The smallest absolute Gasteiger partial charge is 0.0534 e. The van der Waals surface area contributed by atoms with Gasteiger partial charge in [-0.1, -0.05) is 6.92 Å². The molecule has 17 heavy (non-hydrogen) atoms. The molecular weight excluding hydrogens is 212 g/mol. The second-order valence-electron chi connectivity index (χ2n) is 5.20. The number of nitrogens with zero attached hydrogens (tertiary/aromatic N) is 3. The Morgan fingerprint density at radius 2 is 2.29 bits per heavy atom. The number of aromatic nitrogens is 2. The fraction of sp³-hybridized carbons (Fsp3) is 0.769. The number of nitrogens with one attached hydrogen (secondary N) is 1. The first-order valence-electron chi connectivity index (χ1n) is 6.68. The van der Waals surface area contributed by atoms with Gasteiger partial charge in [-0.15, -0.1) is 0 Å². The van der Waals surface area contributed by atoms with E-state index >= 15 is 0 Å². The van der Waals surface area contributed by atoms with E-state index in [1.54, 1.807) is 0 Å². The van der Waals surface area contributed by atoms with Crippen LogP contribution in [0.1, 0.15) is 38.8 Å². The summed E-state index contributed by atoms with van der Waals surface area (Å²) in [5, 5.41) is 7.75. The molecule has 0 spiro atoms. The maximum atomic E-state index is 4.41. The molecule has 1 fully saturated rings. The zero-order valence-electron chi connectivity index (χ0n) is 11.2. The normalized spacial score (nSPS) is 16.8. The molecule has 0 amide bonds. The quantitative estimate of drug-likeness (QED) is 0.815. The van der Waals surface area contributed by atoms with Crippen LogP contribution in [0.4, 0.5) is 0 Å². The molecular formula is C13H24N4. The van der Waals surface area contributed by atoms with Crippen LogP contribution in [-0.2, 0) is 6.54 Å². The van der Waals surface area contributed by atoms with Gasteiger partial charge in [-0.3, -0.25) is 9.58 Å². The molecule has 0 atom stereocenters. The van der Waals surface area contributed by atoms with Crippen molar-refractivity contribution < 1.29 is 0 Å². The van der Waals surface area contributed by atoms with Crippen LogP contribution in [0.2, 0.25) is 0 Å². The number of hydrogen-bond acceptors (Lipinski definition) is 3. The van der Waals surface area contributed by atoms with Gasteiger partial charge in [-0.25, -0.2) is 0 Å². The van der Waals surface area contributed by atoms with Crippen molar-refractivity contribution in [2.45, 2.75) is 45.8 Å². The largest absolute Gasteiger partial charge is 0.314 e. The minimum Gasteiger partial charge on any atom is -0.314 e. The first-order valence-corrected chi connectivity index (χ1v) is 6.68. The molecule has 4 nitrogen and oxygen atoms in total. The summed E-state index contributed by atoms with van der Waals surface area (Å²) in [6.07, 6.45) is 5.41. The summed E-state index contributed by atoms with van der Waals surface area (Å²) < 4.78 is 2.04. The van der Waals surface area contributed by atoms with Crippen LogP contribution in [-0.4, -0.2) is 40.4 Å². The van der Waals surface area contributed by atoms with Gasteiger partial charge in [0.25, 0.3) is 0 Å². The molecule has 0 aromatic carbocycles. The summed E-state index contributed by atoms with van der Waals surface area (Å²) in [6, 6.07) is 1.17. The molecule has 0 aliphatic carbocycles. The van der Waals surface area contributed by atoms with E-state index in [4.69, 9.17) is 0 Å². The Labute approximate surface area is 104 Å². The van der Waals surface area contributed by atoms with Crippen LogP contribution in [0.3, 0.4) is 0 Å². The highest BCUT2D eigenvalue weighted by Gasteiger charge is 2.24. The second kappa shape index (κ2) is 5.65. The lowest BCUT2D eigenvalue weighted by molar-refractivity contribution is 0.138. The predicted molar refractivity (Wildman–Crippen MR) is 70.0 cm³/mol. The van der Waals surface area contributed by atoms with Crippen LogP contribution in [0, 0.1) is 0 Å². The van der Waals surface area contributed by atoms with E-state index in [-0.39, 0.29) is 0 Å². The summed E-state index contributed by atoms with van der Waals surface area (Å²) in [5.74, 6) is 0. The Hall–Kier alpha value is -0.870. The van der Waals surface area contributed by atoms with Gasteiger partial charge < -0.3 is 5.32 Å². The van der Waals surface area contributed by atoms with Gasteiger partial charge in [0, 0.05) is 43.5 Å². The number of hydrogen-bond donors (Lipinski definition) is 1. The Morgan fingerprint density at radius 1 is 1.53 bits per heavy atom. The van der Waals surface area contributed by atoms with Crippen LogP contribution >= 0.6 is 0 Å². The third-order valence-electron chi connectivity index (χ3n) is 3.36. The Balaban J connectivity index is 1.95. The molecule has 2 heterocycles. The van der Waals surface area contributed by atoms with Crippen molar-refractivity contribution in [3.63, 3.8) is 0 Å². The van der Waals surface area contributed by atoms with Gasteiger partial charge in [0.15, 0.2) is 0 Å². The van der Waals surface area contributed by atoms with E-state index in [1.165, 1.54) is 18.5 Å². The van der Waals surface area contributed by atoms with Gasteiger partial charge in [-0.05, 0) is 26.8 Å². The van der Waals surface area contributed by atoms with E-state index in [1.807, 2.05) is 10.9 Å². The van der Waals surface area contributed by atoms with Gasteiger partial charge in [-0.2, -0.15) is 5.10 Å². The molecule has 0 radical (unpaired) electrons. The lowest BCUT2D eigenvalue weighted by Crippen LogP contribution is -2.56. The predicted octanol–water partition coefficient (Wildman–Crippen LogP) is 1.65. The summed E-state index contributed by atoms with van der Waals surface area (Å²) in [4.78, 5) is 2.57. The number of rotatable bonds is 6. The Kier molecular flexibility index (Phi) is 4.18. The molecule has 1 aliphatic rings. The molecule has 96 valence electrons. The molecule has 4 heteroatoms. The Morgan fingerprint density at radius 3 is 2.76 bits per heavy atom. The second-order valence-corrected chi connectivity index (χ2v) is 5.20. The maximum Gasteiger partial charge on any atom is 0.0534 e. The van der Waals surface area contributed by atoms with E-state index in [0.29, 0.717) is 6.04 Å². The first kappa shape index (κ1) is 12.6. The molecule has 1 saturated heterocycles. The van der Waals surface area contributed by atoms with Crippen molar-refractivity contribution >= 4 is 0 Å². The maximum absolute atomic E-state index is 4.41. The minimum atomic E-state index is 0.453. The van der Waals surface area contributed by atoms with E-state index < -0.39 is 0 Å². The summed E-state index contributed by atoms with van der Waals surface area (Å²) in [6.45, 7) is 11.1. The van der Waals surface area contributed by atoms with Crippen LogP contribution in [0.25, 0.3) is 0 Å². The fourth-order valence-corrected chi connectivity index (χ4v) is 2.19. The molecule has 1 N–H and O–H groups in total. The fourth-order valence-electron chi connectivity index (χ4n) is 2.19. The highest BCUT2D eigenvalue weighted by atomic mass is 15.3. The van der Waals surface area contributed by atoms with Gasteiger partial charge >= 0.3 is 0 Å². The molecule has 0 saturated carbocycles. The van der Waals surface area contributed by atoms with Crippen molar-refractivity contribution in [2.75, 3.05) is 19.6 Å². The van der Waals surface area contributed by atoms with Crippen molar-refractivity contribution in [3.05, 3.63) is 18.0 Å². The lowest BCUT2D eigenvalue weighted by Gasteiger charge is -2.38. The van der Waals surface area contributed by atoms with Crippen LogP contribution < -0.4 is 5.32 Å². The summed E-state index contributed by atoms with van der Waals surface area (Å²) >= 11 is 0.